The predicted molar refractivity (Wildman–Crippen MR) is 79.5 cm³/mol. The Labute approximate surface area is 116 Å². The average molecular weight is 308 g/mol. The number of hydrogen-bond acceptors (Lipinski definition) is 2. The molecular formula is C14H18BrN3. The Morgan fingerprint density at radius 1 is 1.17 bits per heavy atom. The van der Waals surface area contributed by atoms with Gasteiger partial charge in [0, 0.05) is 12.6 Å². The summed E-state index contributed by atoms with van der Waals surface area (Å²) >= 11 is 3.49. The lowest BCUT2D eigenvalue weighted by Crippen LogP contribution is -2.10. The average Bonchev–Trinajstić information content (AvgIpc) is 2.52. The molecule has 0 amide bonds. The highest BCUT2D eigenvalue weighted by Crippen LogP contribution is 2.33. The number of hydrogen-bond donors (Lipinski definition) is 1. The van der Waals surface area contributed by atoms with E-state index in [9.17, 15) is 0 Å². The Kier molecular flexibility index (Phi) is 3.23. The van der Waals surface area contributed by atoms with Crippen LogP contribution in [0.5, 0.6) is 0 Å². The molecule has 0 saturated heterocycles. The van der Waals surface area contributed by atoms with Gasteiger partial charge >= 0.3 is 0 Å². The first-order chi connectivity index (χ1) is 8.30. The van der Waals surface area contributed by atoms with E-state index in [0.29, 0.717) is 5.82 Å². The zero-order valence-electron chi connectivity index (χ0n) is 11.2. The van der Waals surface area contributed by atoms with Gasteiger partial charge < -0.3 is 5.73 Å². The van der Waals surface area contributed by atoms with Crippen LogP contribution in [0.15, 0.2) is 28.7 Å². The Hall–Kier alpha value is -1.29. The molecule has 0 atom stereocenters. The number of aryl methyl sites for hydroxylation is 1. The van der Waals surface area contributed by atoms with Gasteiger partial charge in [0.2, 0.25) is 0 Å². The van der Waals surface area contributed by atoms with Crippen LogP contribution in [0.2, 0.25) is 0 Å². The van der Waals surface area contributed by atoms with Crippen LogP contribution >= 0.6 is 15.9 Å². The fourth-order valence-corrected chi connectivity index (χ4v) is 2.53. The fraction of sp³-hybridized carbons (Fsp3) is 0.357. The van der Waals surface area contributed by atoms with E-state index in [1.807, 2.05) is 7.05 Å². The van der Waals surface area contributed by atoms with Gasteiger partial charge in [-0.25, -0.2) is 0 Å². The van der Waals surface area contributed by atoms with Crippen LogP contribution in [0, 0.1) is 0 Å². The third-order valence-corrected chi connectivity index (χ3v) is 3.82. The SMILES string of the molecule is Cn1nc(N)c(Br)c1-c1ccc(C(C)(C)C)cc1. The van der Waals surface area contributed by atoms with Gasteiger partial charge in [-0.15, -0.1) is 0 Å². The van der Waals surface area contributed by atoms with Crippen molar-refractivity contribution in [2.45, 2.75) is 26.2 Å². The van der Waals surface area contributed by atoms with Crippen molar-refractivity contribution in [2.75, 3.05) is 5.73 Å². The van der Waals surface area contributed by atoms with Gasteiger partial charge in [0.05, 0.1) is 10.2 Å². The second-order valence-corrected chi connectivity index (χ2v) is 6.29. The van der Waals surface area contributed by atoms with Crippen LogP contribution in [-0.2, 0) is 12.5 Å². The minimum atomic E-state index is 0.168. The van der Waals surface area contributed by atoms with Crippen molar-refractivity contribution in [3.8, 4) is 11.3 Å². The highest BCUT2D eigenvalue weighted by atomic mass is 79.9. The largest absolute Gasteiger partial charge is 0.381 e. The summed E-state index contributed by atoms with van der Waals surface area (Å²) in [5.41, 5.74) is 9.40. The maximum absolute atomic E-state index is 5.80. The van der Waals surface area contributed by atoms with Gasteiger partial charge in [-0.1, -0.05) is 45.0 Å². The van der Waals surface area contributed by atoms with Crippen molar-refractivity contribution in [1.82, 2.24) is 9.78 Å². The van der Waals surface area contributed by atoms with Crippen LogP contribution in [0.1, 0.15) is 26.3 Å². The van der Waals surface area contributed by atoms with E-state index in [-0.39, 0.29) is 5.41 Å². The van der Waals surface area contributed by atoms with E-state index in [1.54, 1.807) is 4.68 Å². The quantitative estimate of drug-likeness (QED) is 0.872. The van der Waals surface area contributed by atoms with E-state index < -0.39 is 0 Å². The monoisotopic (exact) mass is 307 g/mol. The molecule has 0 unspecified atom stereocenters. The zero-order chi connectivity index (χ0) is 13.5. The van der Waals surface area contributed by atoms with E-state index >= 15 is 0 Å². The molecule has 0 radical (unpaired) electrons. The van der Waals surface area contributed by atoms with Gasteiger partial charge in [-0.3, -0.25) is 4.68 Å². The van der Waals surface area contributed by atoms with Crippen molar-refractivity contribution in [3.05, 3.63) is 34.3 Å². The molecule has 1 aromatic heterocycles. The topological polar surface area (TPSA) is 43.8 Å². The summed E-state index contributed by atoms with van der Waals surface area (Å²) < 4.78 is 2.65. The van der Waals surface area contributed by atoms with Crippen LogP contribution in [-0.4, -0.2) is 9.78 Å². The van der Waals surface area contributed by atoms with Gasteiger partial charge in [-0.2, -0.15) is 5.10 Å². The molecule has 0 aliphatic carbocycles. The third-order valence-electron chi connectivity index (χ3n) is 3.04. The molecule has 0 aliphatic rings. The number of benzene rings is 1. The molecule has 4 heteroatoms. The highest BCUT2D eigenvalue weighted by Gasteiger charge is 2.16. The molecule has 0 spiro atoms. The molecule has 0 fully saturated rings. The molecule has 18 heavy (non-hydrogen) atoms. The van der Waals surface area contributed by atoms with Crippen LogP contribution in [0.3, 0.4) is 0 Å². The first-order valence-electron chi connectivity index (χ1n) is 5.89. The van der Waals surface area contributed by atoms with E-state index in [4.69, 9.17) is 5.73 Å². The molecule has 0 bridgehead atoms. The smallest absolute Gasteiger partial charge is 0.160 e. The molecule has 3 nitrogen and oxygen atoms in total. The standard InChI is InChI=1S/C14H18BrN3/c1-14(2,3)10-7-5-9(6-8-10)12-11(15)13(16)17-18(12)4/h5-8H,1-4H3,(H2,16,17). The number of aromatic nitrogens is 2. The van der Waals surface area contributed by atoms with Crippen LogP contribution < -0.4 is 5.73 Å². The number of nitrogen functional groups attached to an aromatic ring is 1. The van der Waals surface area contributed by atoms with E-state index in [1.165, 1.54) is 5.56 Å². The van der Waals surface area contributed by atoms with Gasteiger partial charge in [0.15, 0.2) is 5.82 Å². The summed E-state index contributed by atoms with van der Waals surface area (Å²) in [6.07, 6.45) is 0. The third kappa shape index (κ3) is 2.29. The normalized spacial score (nSPS) is 11.8. The number of nitrogens with zero attached hydrogens (tertiary/aromatic N) is 2. The summed E-state index contributed by atoms with van der Waals surface area (Å²) in [5, 5.41) is 4.21. The minimum absolute atomic E-state index is 0.168. The first-order valence-corrected chi connectivity index (χ1v) is 6.69. The van der Waals surface area contributed by atoms with Crippen LogP contribution in [0.25, 0.3) is 11.3 Å². The Bertz CT molecular complexity index is 562. The summed E-state index contributed by atoms with van der Waals surface area (Å²) in [6.45, 7) is 6.62. The molecule has 1 heterocycles. The van der Waals surface area contributed by atoms with Gasteiger partial charge in [-0.05, 0) is 26.9 Å². The molecule has 2 N–H and O–H groups in total. The Balaban J connectivity index is 2.47. The molecule has 96 valence electrons. The lowest BCUT2D eigenvalue weighted by molar-refractivity contribution is 0.590. The molecule has 1 aromatic carbocycles. The second kappa shape index (κ2) is 4.43. The molecule has 2 aromatic rings. The van der Waals surface area contributed by atoms with E-state index in [0.717, 1.165) is 15.7 Å². The lowest BCUT2D eigenvalue weighted by atomic mass is 9.86. The molecule has 0 aliphatic heterocycles. The van der Waals surface area contributed by atoms with Crippen molar-refractivity contribution in [3.63, 3.8) is 0 Å². The van der Waals surface area contributed by atoms with Crippen molar-refractivity contribution in [1.29, 1.82) is 0 Å². The Morgan fingerprint density at radius 2 is 1.72 bits per heavy atom. The maximum Gasteiger partial charge on any atom is 0.160 e. The number of nitrogens with two attached hydrogens (primary N) is 1. The zero-order valence-corrected chi connectivity index (χ0v) is 12.7. The number of anilines is 1. The van der Waals surface area contributed by atoms with Crippen LogP contribution in [0.4, 0.5) is 5.82 Å². The fourth-order valence-electron chi connectivity index (χ4n) is 1.96. The molecule has 0 saturated carbocycles. The van der Waals surface area contributed by atoms with Gasteiger partial charge in [0.25, 0.3) is 0 Å². The summed E-state index contributed by atoms with van der Waals surface area (Å²) in [4.78, 5) is 0. The Morgan fingerprint density at radius 3 is 2.11 bits per heavy atom. The van der Waals surface area contributed by atoms with Gasteiger partial charge in [0.1, 0.15) is 0 Å². The van der Waals surface area contributed by atoms with E-state index in [2.05, 4.69) is 66.1 Å². The highest BCUT2D eigenvalue weighted by molar-refractivity contribution is 9.10. The van der Waals surface area contributed by atoms with Crippen molar-refractivity contribution in [2.24, 2.45) is 7.05 Å². The summed E-state index contributed by atoms with van der Waals surface area (Å²) in [5.74, 6) is 0.521. The summed E-state index contributed by atoms with van der Waals surface area (Å²) in [6, 6.07) is 8.54. The number of halogens is 1. The number of rotatable bonds is 1. The van der Waals surface area contributed by atoms with Crippen molar-refractivity contribution < 1.29 is 0 Å². The first kappa shape index (κ1) is 13.1. The second-order valence-electron chi connectivity index (χ2n) is 5.50. The molecular weight excluding hydrogens is 290 g/mol. The van der Waals surface area contributed by atoms with Crippen molar-refractivity contribution >= 4 is 21.7 Å². The molecule has 2 rings (SSSR count). The summed E-state index contributed by atoms with van der Waals surface area (Å²) in [7, 11) is 1.90. The maximum atomic E-state index is 5.80. The lowest BCUT2D eigenvalue weighted by Gasteiger charge is -2.19. The minimum Gasteiger partial charge on any atom is -0.381 e. The predicted octanol–water partition coefficient (Wildman–Crippen LogP) is 3.73.